The van der Waals surface area contributed by atoms with Gasteiger partial charge in [0.1, 0.15) is 10.9 Å². The smallest absolute Gasteiger partial charge is 0.403 e. The summed E-state index contributed by atoms with van der Waals surface area (Å²) in [5, 5.41) is 5.91. The van der Waals surface area contributed by atoms with E-state index in [0.717, 1.165) is 36.7 Å². The van der Waals surface area contributed by atoms with Crippen molar-refractivity contribution in [2.75, 3.05) is 5.32 Å². The normalized spacial score (nSPS) is 16.7. The number of unbranched alkanes of at least 4 members (excludes halogenated alkanes) is 2. The molecule has 2 N–H and O–H groups in total. The van der Waals surface area contributed by atoms with Crippen LogP contribution in [0.2, 0.25) is 6.32 Å². The molecule has 1 atom stereocenters. The van der Waals surface area contributed by atoms with Gasteiger partial charge in [-0.25, -0.2) is 0 Å². The van der Waals surface area contributed by atoms with E-state index >= 15 is 0 Å². The minimum atomic E-state index is -0.665. The topological polar surface area (TPSA) is 89.5 Å². The zero-order chi connectivity index (χ0) is 27.2. The molecule has 1 aliphatic rings. The molecule has 9 heteroatoms. The molecule has 1 fully saturated rings. The minimum Gasteiger partial charge on any atom is -0.403 e. The summed E-state index contributed by atoms with van der Waals surface area (Å²) in [6, 6.07) is 17.1. The van der Waals surface area contributed by atoms with Gasteiger partial charge in [-0.15, -0.1) is 11.3 Å². The molecule has 4 rings (SSSR count). The molecule has 0 spiro atoms. The van der Waals surface area contributed by atoms with E-state index in [0.29, 0.717) is 17.0 Å². The number of nitrogens with zero attached hydrogens (tertiary/aromatic N) is 1. The van der Waals surface area contributed by atoms with Crippen molar-refractivity contribution in [3.63, 3.8) is 0 Å². The number of carbonyl (C=O) groups excluding carboxylic acids is 2. The van der Waals surface area contributed by atoms with Gasteiger partial charge in [-0.05, 0) is 63.7 Å². The fourth-order valence-electron chi connectivity index (χ4n) is 4.38. The average molecular weight is 534 g/mol. The van der Waals surface area contributed by atoms with Crippen molar-refractivity contribution in [3.05, 3.63) is 71.2 Å². The van der Waals surface area contributed by atoms with Gasteiger partial charge in [0.05, 0.1) is 22.9 Å². The van der Waals surface area contributed by atoms with Crippen LogP contribution < -0.4 is 10.6 Å². The first-order valence-corrected chi connectivity index (χ1v) is 14.0. The highest BCUT2D eigenvalue weighted by molar-refractivity contribution is 7.11. The summed E-state index contributed by atoms with van der Waals surface area (Å²) in [7, 11) is -0.220. The summed E-state index contributed by atoms with van der Waals surface area (Å²) in [4.78, 5) is 30.5. The second-order valence-electron chi connectivity index (χ2n) is 10.7. The molecule has 0 bridgehead atoms. The van der Waals surface area contributed by atoms with E-state index in [4.69, 9.17) is 9.31 Å². The molecular weight excluding hydrogens is 497 g/mol. The molecular formula is C29H36BN3O4S. The van der Waals surface area contributed by atoms with E-state index in [1.54, 1.807) is 5.51 Å². The Morgan fingerprint density at radius 2 is 1.66 bits per heavy atom. The van der Waals surface area contributed by atoms with Crippen LogP contribution in [0, 0.1) is 0 Å². The average Bonchev–Trinajstić information content (AvgIpc) is 3.49. The molecule has 0 aliphatic carbocycles. The lowest BCUT2D eigenvalue weighted by Gasteiger charge is -2.32. The van der Waals surface area contributed by atoms with Gasteiger partial charge in [0.25, 0.3) is 5.91 Å². The summed E-state index contributed by atoms with van der Waals surface area (Å²) < 4.78 is 12.2. The zero-order valence-corrected chi connectivity index (χ0v) is 23.3. The molecule has 2 aromatic carbocycles. The second-order valence-corrected chi connectivity index (χ2v) is 11.5. The predicted octanol–water partition coefficient (Wildman–Crippen LogP) is 6.20. The molecule has 1 saturated heterocycles. The Bertz CT molecular complexity index is 1200. The molecule has 200 valence electrons. The number of benzene rings is 2. The van der Waals surface area contributed by atoms with Crippen molar-refractivity contribution in [3.8, 4) is 11.1 Å². The highest BCUT2D eigenvalue weighted by atomic mass is 32.1. The van der Waals surface area contributed by atoms with Gasteiger partial charge < -0.3 is 19.9 Å². The quantitative estimate of drug-likeness (QED) is 0.226. The lowest BCUT2D eigenvalue weighted by Crippen LogP contribution is -2.43. The Kier molecular flexibility index (Phi) is 9.02. The lowest BCUT2D eigenvalue weighted by atomic mass is 9.82. The number of aromatic nitrogens is 1. The maximum atomic E-state index is 13.3. The summed E-state index contributed by atoms with van der Waals surface area (Å²) in [5.74, 6) is -0.526. The molecule has 0 radical (unpaired) electrons. The fraction of sp³-hybridized carbons (Fsp3) is 0.414. The highest BCUT2D eigenvalue weighted by Crippen LogP contribution is 2.38. The van der Waals surface area contributed by atoms with Gasteiger partial charge in [0.2, 0.25) is 5.91 Å². The minimum absolute atomic E-state index is 0.220. The third-order valence-electron chi connectivity index (χ3n) is 7.25. The van der Waals surface area contributed by atoms with Crippen molar-refractivity contribution >= 4 is 36.0 Å². The summed E-state index contributed by atoms with van der Waals surface area (Å²) in [6.45, 7) is 8.21. The first kappa shape index (κ1) is 28.0. The van der Waals surface area contributed by atoms with E-state index in [-0.39, 0.29) is 30.1 Å². The van der Waals surface area contributed by atoms with Gasteiger partial charge in [0, 0.05) is 5.69 Å². The van der Waals surface area contributed by atoms with Crippen molar-refractivity contribution in [2.45, 2.75) is 76.9 Å². The first-order valence-electron chi connectivity index (χ1n) is 13.2. The molecule has 2 amide bonds. The molecule has 1 unspecified atom stereocenters. The van der Waals surface area contributed by atoms with Crippen molar-refractivity contribution in [2.24, 2.45) is 0 Å². The summed E-state index contributed by atoms with van der Waals surface area (Å²) >= 11 is 1.25. The van der Waals surface area contributed by atoms with Gasteiger partial charge in [-0.2, -0.15) is 0 Å². The summed E-state index contributed by atoms with van der Waals surface area (Å²) in [6.07, 6.45) is 5.43. The third-order valence-corrected chi connectivity index (χ3v) is 8.02. The highest BCUT2D eigenvalue weighted by Gasteiger charge is 2.50. The standard InChI is InChI=1S/C29H36BN3O4S/c1-28(2)29(3,4)37-30(36-28)17-10-6-9-16-24(33-27(35)25-19-31-20-38-25)26(34)32-23-15-11-14-22(18-23)21-12-7-5-8-13-21/h5,7-8,11-15,18-20,24H,6,9-10,16-17H2,1-4H3,(H,32,34)(H,33,35). The molecule has 3 aromatic rings. The van der Waals surface area contributed by atoms with Crippen LogP contribution >= 0.6 is 11.3 Å². The van der Waals surface area contributed by atoms with E-state index in [9.17, 15) is 9.59 Å². The van der Waals surface area contributed by atoms with Crippen molar-refractivity contribution in [1.29, 1.82) is 0 Å². The Labute approximate surface area is 229 Å². The first-order chi connectivity index (χ1) is 18.1. The number of nitrogens with one attached hydrogen (secondary N) is 2. The monoisotopic (exact) mass is 533 g/mol. The van der Waals surface area contributed by atoms with Crippen LogP contribution in [0.4, 0.5) is 5.69 Å². The number of thiazole rings is 1. The maximum Gasteiger partial charge on any atom is 0.457 e. The van der Waals surface area contributed by atoms with Crippen LogP contribution in [0.15, 0.2) is 66.3 Å². The number of hydrogen-bond acceptors (Lipinski definition) is 6. The number of carbonyl (C=O) groups is 2. The number of hydrogen-bond donors (Lipinski definition) is 2. The van der Waals surface area contributed by atoms with Crippen molar-refractivity contribution < 1.29 is 18.9 Å². The molecule has 1 aromatic heterocycles. The maximum absolute atomic E-state index is 13.3. The van der Waals surface area contributed by atoms with Crippen LogP contribution in [0.25, 0.3) is 11.1 Å². The molecule has 7 nitrogen and oxygen atoms in total. The lowest BCUT2D eigenvalue weighted by molar-refractivity contribution is -0.118. The van der Waals surface area contributed by atoms with Gasteiger partial charge in [-0.1, -0.05) is 61.7 Å². The van der Waals surface area contributed by atoms with Crippen LogP contribution in [0.1, 0.15) is 63.0 Å². The van der Waals surface area contributed by atoms with Crippen LogP contribution in [0.3, 0.4) is 0 Å². The van der Waals surface area contributed by atoms with Crippen LogP contribution in [0.5, 0.6) is 0 Å². The Morgan fingerprint density at radius 1 is 0.947 bits per heavy atom. The van der Waals surface area contributed by atoms with E-state index in [1.807, 2.05) is 54.6 Å². The van der Waals surface area contributed by atoms with Gasteiger partial charge in [-0.3, -0.25) is 14.6 Å². The van der Waals surface area contributed by atoms with E-state index < -0.39 is 6.04 Å². The summed E-state index contributed by atoms with van der Waals surface area (Å²) in [5.41, 5.74) is 3.71. The van der Waals surface area contributed by atoms with Crippen LogP contribution in [-0.4, -0.2) is 41.2 Å². The number of amides is 2. The molecule has 1 aliphatic heterocycles. The number of rotatable bonds is 11. The predicted molar refractivity (Wildman–Crippen MR) is 153 cm³/mol. The SMILES string of the molecule is CC1(C)OB(CCCCCC(NC(=O)c2cncs2)C(=O)Nc2cccc(-c3ccccc3)c2)OC1(C)C. The van der Waals surface area contributed by atoms with Crippen molar-refractivity contribution in [1.82, 2.24) is 10.3 Å². The second kappa shape index (κ2) is 12.2. The fourth-order valence-corrected chi connectivity index (χ4v) is 4.90. The zero-order valence-electron chi connectivity index (χ0n) is 22.5. The largest absolute Gasteiger partial charge is 0.457 e. The number of anilines is 1. The molecule has 0 saturated carbocycles. The molecule has 38 heavy (non-hydrogen) atoms. The third kappa shape index (κ3) is 7.10. The van der Waals surface area contributed by atoms with E-state index in [2.05, 4.69) is 43.3 Å². The van der Waals surface area contributed by atoms with Gasteiger partial charge in [0.15, 0.2) is 0 Å². The van der Waals surface area contributed by atoms with Gasteiger partial charge >= 0.3 is 7.12 Å². The molecule has 2 heterocycles. The Balaban J connectivity index is 1.34. The Morgan fingerprint density at radius 3 is 2.34 bits per heavy atom. The Hall–Kier alpha value is -3.01. The van der Waals surface area contributed by atoms with Crippen LogP contribution in [-0.2, 0) is 14.1 Å². The van der Waals surface area contributed by atoms with E-state index in [1.165, 1.54) is 17.5 Å².